The van der Waals surface area contributed by atoms with Gasteiger partial charge in [0, 0.05) is 5.70 Å². The highest BCUT2D eigenvalue weighted by molar-refractivity contribution is 14.1. The van der Waals surface area contributed by atoms with Gasteiger partial charge in [0.15, 0.2) is 29.2 Å². The minimum absolute atomic E-state index is 0.153. The lowest BCUT2D eigenvalue weighted by molar-refractivity contribution is -0.136. The number of nitrogens with zero attached hydrogens (tertiary/aromatic N) is 1. The number of nitrogens with one attached hydrogen (secondary N) is 3. The van der Waals surface area contributed by atoms with Crippen molar-refractivity contribution in [3.63, 3.8) is 0 Å². The molecule has 244 valence electrons. The number of urea groups is 1. The minimum Gasteiger partial charge on any atom is -0.493 e. The van der Waals surface area contributed by atoms with Crippen molar-refractivity contribution in [3.8, 4) is 23.0 Å². The number of hydrazone groups is 1. The van der Waals surface area contributed by atoms with Crippen LogP contribution < -0.4 is 35.0 Å². The molecule has 2 atom stereocenters. The molecule has 46 heavy (non-hydrogen) atoms. The molecule has 2 amide bonds. The summed E-state index contributed by atoms with van der Waals surface area (Å²) in [5.74, 6) is 1.35. The Hall–Kier alpha value is -4.50. The summed E-state index contributed by atoms with van der Waals surface area (Å²) >= 11 is 2.19. The molecule has 0 spiro atoms. The van der Waals surface area contributed by atoms with Crippen LogP contribution in [0.25, 0.3) is 0 Å². The smallest absolute Gasteiger partial charge is 0.337 e. The van der Waals surface area contributed by atoms with Crippen LogP contribution in [0.15, 0.2) is 71.0 Å². The van der Waals surface area contributed by atoms with E-state index in [9.17, 15) is 14.7 Å². The number of aliphatic hydroxyl groups excluding tert-OH is 1. The number of hydrogen-bond donors (Lipinski definition) is 4. The lowest BCUT2D eigenvalue weighted by Crippen LogP contribution is -2.45. The maximum absolute atomic E-state index is 12.5. The standard InChI is InChI=1S/C33H37IN4O8/c1-6-44-26-15-23(30-29(32(40)43-5)20(3)36-33(41)37-30)10-11-25(26)45-18-28(39)38-35-16-22-13-24(34)31(27(14-22)42-4)46-17-21-9-7-8-19(2)12-21/h7-16,28,30,38-39H,6,17-18H2,1-5H3,(H2,36,37,41)/b35-16-/t28-,30+/m1/s1. The highest BCUT2D eigenvalue weighted by Crippen LogP contribution is 2.36. The number of aliphatic hydroxyl groups is 1. The summed E-state index contributed by atoms with van der Waals surface area (Å²) in [7, 11) is 2.85. The summed E-state index contributed by atoms with van der Waals surface area (Å²) in [6, 6.07) is 15.6. The normalized spacial score (nSPS) is 15.1. The van der Waals surface area contributed by atoms with Crippen molar-refractivity contribution >= 4 is 40.8 Å². The van der Waals surface area contributed by atoms with Gasteiger partial charge in [-0.2, -0.15) is 5.10 Å². The second kappa shape index (κ2) is 16.2. The Labute approximate surface area is 281 Å². The van der Waals surface area contributed by atoms with E-state index in [1.165, 1.54) is 7.11 Å². The van der Waals surface area contributed by atoms with Crippen LogP contribution >= 0.6 is 22.6 Å². The van der Waals surface area contributed by atoms with Gasteiger partial charge < -0.3 is 39.4 Å². The molecule has 0 bridgehead atoms. The first-order valence-corrected chi connectivity index (χ1v) is 15.5. The summed E-state index contributed by atoms with van der Waals surface area (Å²) in [5, 5.41) is 20.0. The first kappa shape index (κ1) is 34.4. The minimum atomic E-state index is -1.15. The molecular weight excluding hydrogens is 707 g/mol. The maximum Gasteiger partial charge on any atom is 0.337 e. The van der Waals surface area contributed by atoms with Crippen molar-refractivity contribution in [1.82, 2.24) is 16.1 Å². The van der Waals surface area contributed by atoms with Crippen LogP contribution in [0.4, 0.5) is 4.79 Å². The van der Waals surface area contributed by atoms with Gasteiger partial charge in [0.05, 0.1) is 42.2 Å². The van der Waals surface area contributed by atoms with E-state index in [0.717, 1.165) is 20.3 Å². The lowest BCUT2D eigenvalue weighted by atomic mass is 9.95. The van der Waals surface area contributed by atoms with Crippen molar-refractivity contribution in [3.05, 3.63) is 91.7 Å². The number of aryl methyl sites for hydroxylation is 1. The quantitative estimate of drug-likeness (QED) is 0.0606. The summed E-state index contributed by atoms with van der Waals surface area (Å²) in [5.41, 5.74) is 6.85. The Morgan fingerprint density at radius 2 is 1.87 bits per heavy atom. The molecule has 1 aliphatic heterocycles. The van der Waals surface area contributed by atoms with Crippen LogP contribution in [0.3, 0.4) is 0 Å². The molecule has 1 heterocycles. The van der Waals surface area contributed by atoms with Crippen LogP contribution in [0.2, 0.25) is 0 Å². The Bertz CT molecular complexity index is 1630. The average Bonchev–Trinajstić information content (AvgIpc) is 3.03. The molecule has 0 radical (unpaired) electrons. The number of esters is 1. The summed E-state index contributed by atoms with van der Waals surface area (Å²) in [4.78, 5) is 24.6. The molecule has 0 aromatic heterocycles. The number of carbonyl (C=O) groups excluding carboxylic acids is 2. The summed E-state index contributed by atoms with van der Waals surface area (Å²) in [6.07, 6.45) is 0.406. The monoisotopic (exact) mass is 744 g/mol. The molecule has 3 aromatic carbocycles. The van der Waals surface area contributed by atoms with Crippen molar-refractivity contribution in [2.75, 3.05) is 27.4 Å². The second-order valence-electron chi connectivity index (χ2n) is 10.2. The van der Waals surface area contributed by atoms with Crippen molar-refractivity contribution in [2.45, 2.75) is 39.6 Å². The van der Waals surface area contributed by atoms with Gasteiger partial charge in [0.25, 0.3) is 0 Å². The van der Waals surface area contributed by atoms with Gasteiger partial charge in [-0.15, -0.1) is 0 Å². The Balaban J connectivity index is 1.39. The largest absolute Gasteiger partial charge is 0.493 e. The van der Waals surface area contributed by atoms with E-state index in [1.807, 2.05) is 38.1 Å². The van der Waals surface area contributed by atoms with Gasteiger partial charge in [-0.3, -0.25) is 5.43 Å². The fraction of sp³-hybridized carbons (Fsp3) is 0.303. The number of benzene rings is 3. The molecule has 13 heteroatoms. The van der Waals surface area contributed by atoms with Gasteiger partial charge >= 0.3 is 12.0 Å². The summed E-state index contributed by atoms with van der Waals surface area (Å²) in [6.45, 7) is 6.07. The number of carbonyl (C=O) groups is 2. The predicted molar refractivity (Wildman–Crippen MR) is 180 cm³/mol. The van der Waals surface area contributed by atoms with E-state index in [2.05, 4.69) is 49.8 Å². The molecule has 0 saturated carbocycles. The molecule has 0 fully saturated rings. The molecule has 0 saturated heterocycles. The van der Waals surface area contributed by atoms with E-state index in [4.69, 9.17) is 23.7 Å². The Morgan fingerprint density at radius 3 is 2.59 bits per heavy atom. The predicted octanol–water partition coefficient (Wildman–Crippen LogP) is 4.71. The Morgan fingerprint density at radius 1 is 1.07 bits per heavy atom. The van der Waals surface area contributed by atoms with Gasteiger partial charge in [-0.25, -0.2) is 9.59 Å². The van der Waals surface area contributed by atoms with E-state index in [-0.39, 0.29) is 12.2 Å². The fourth-order valence-corrected chi connectivity index (χ4v) is 5.51. The van der Waals surface area contributed by atoms with Gasteiger partial charge in [0.1, 0.15) is 13.2 Å². The molecule has 12 nitrogen and oxygen atoms in total. The average molecular weight is 745 g/mol. The third-order valence-corrected chi connectivity index (χ3v) is 7.63. The molecular formula is C33H37IN4O8. The van der Waals surface area contributed by atoms with Crippen LogP contribution in [-0.4, -0.2) is 57.0 Å². The van der Waals surface area contributed by atoms with Crippen LogP contribution in [0.1, 0.15) is 42.1 Å². The van der Waals surface area contributed by atoms with Crippen molar-refractivity contribution in [1.29, 1.82) is 0 Å². The fourth-order valence-electron chi connectivity index (χ4n) is 4.73. The van der Waals surface area contributed by atoms with E-state index >= 15 is 0 Å². The topological polar surface area (TPSA) is 149 Å². The number of amides is 2. The molecule has 0 aliphatic carbocycles. The molecule has 1 aliphatic rings. The van der Waals surface area contributed by atoms with Crippen molar-refractivity contribution < 1.29 is 38.4 Å². The van der Waals surface area contributed by atoms with E-state index in [1.54, 1.807) is 44.5 Å². The third-order valence-electron chi connectivity index (χ3n) is 6.83. The molecule has 4 N–H and O–H groups in total. The van der Waals surface area contributed by atoms with Crippen LogP contribution in [-0.2, 0) is 16.1 Å². The van der Waals surface area contributed by atoms with Crippen LogP contribution in [0.5, 0.6) is 23.0 Å². The van der Waals surface area contributed by atoms with E-state index in [0.29, 0.717) is 47.5 Å². The second-order valence-corrected chi connectivity index (χ2v) is 11.4. The Kier molecular flexibility index (Phi) is 12.1. The highest BCUT2D eigenvalue weighted by Gasteiger charge is 2.32. The SMILES string of the molecule is CCOc1cc([C@@H]2NC(=O)NC(C)=C2C(=O)OC)ccc1OC[C@@H](O)N/N=C\c1cc(I)c(OCc2cccc(C)c2)c(OC)c1. The lowest BCUT2D eigenvalue weighted by Gasteiger charge is -2.28. The van der Waals surface area contributed by atoms with Gasteiger partial charge in [-0.1, -0.05) is 35.9 Å². The maximum atomic E-state index is 12.5. The number of allylic oxidation sites excluding steroid dienone is 1. The number of ether oxygens (including phenoxy) is 5. The van der Waals surface area contributed by atoms with Gasteiger partial charge in [-0.05, 0) is 84.3 Å². The molecule has 3 aromatic rings. The van der Waals surface area contributed by atoms with Crippen molar-refractivity contribution in [2.24, 2.45) is 5.10 Å². The van der Waals surface area contributed by atoms with Gasteiger partial charge in [0.2, 0.25) is 0 Å². The third kappa shape index (κ3) is 8.81. The number of methoxy groups -OCH3 is 2. The number of hydrogen-bond acceptors (Lipinski definition) is 10. The molecule has 4 rings (SSSR count). The van der Waals surface area contributed by atoms with E-state index < -0.39 is 24.3 Å². The first-order chi connectivity index (χ1) is 22.1. The zero-order valence-electron chi connectivity index (χ0n) is 26.2. The number of rotatable bonds is 14. The number of halogens is 1. The zero-order valence-corrected chi connectivity index (χ0v) is 28.3. The van der Waals surface area contributed by atoms with Crippen LogP contribution in [0, 0.1) is 10.5 Å². The summed E-state index contributed by atoms with van der Waals surface area (Å²) < 4.78 is 29.0. The molecule has 0 unspecified atom stereocenters. The highest BCUT2D eigenvalue weighted by atomic mass is 127. The first-order valence-electron chi connectivity index (χ1n) is 14.4. The zero-order chi connectivity index (χ0) is 33.2.